The van der Waals surface area contributed by atoms with Gasteiger partial charge in [0, 0.05) is 0 Å². The van der Waals surface area contributed by atoms with E-state index in [9.17, 15) is 9.59 Å². The van der Waals surface area contributed by atoms with Crippen molar-refractivity contribution in [2.24, 2.45) is 10.2 Å². The van der Waals surface area contributed by atoms with Crippen molar-refractivity contribution in [2.45, 2.75) is 26.8 Å². The van der Waals surface area contributed by atoms with E-state index < -0.39 is 6.04 Å². The molecule has 0 aromatic heterocycles. The van der Waals surface area contributed by atoms with Crippen LogP contribution in [0, 0.1) is 0 Å². The van der Waals surface area contributed by atoms with Gasteiger partial charge in [-0.3, -0.25) is 9.59 Å². The third-order valence-corrected chi connectivity index (χ3v) is 2.22. The number of azo groups is 1. The van der Waals surface area contributed by atoms with Crippen LogP contribution in [0.25, 0.3) is 0 Å². The van der Waals surface area contributed by atoms with Crippen LogP contribution in [0.2, 0.25) is 0 Å². The number of ether oxygens (including phenoxy) is 1. The second-order valence-corrected chi connectivity index (χ2v) is 3.74. The van der Waals surface area contributed by atoms with E-state index >= 15 is 0 Å². The highest BCUT2D eigenvalue weighted by Crippen LogP contribution is 2.27. The van der Waals surface area contributed by atoms with Gasteiger partial charge in [-0.2, -0.15) is 10.2 Å². The molecular weight excluding hydrogens is 232 g/mol. The maximum atomic E-state index is 11.2. The molecule has 0 amide bonds. The highest BCUT2D eigenvalue weighted by atomic mass is 16.5. The van der Waals surface area contributed by atoms with E-state index in [0.717, 1.165) is 0 Å². The van der Waals surface area contributed by atoms with Crippen LogP contribution in [-0.2, 0) is 9.59 Å². The van der Waals surface area contributed by atoms with E-state index in [0.29, 0.717) is 18.0 Å². The number of para-hydroxylation sites is 1. The third kappa shape index (κ3) is 3.76. The van der Waals surface area contributed by atoms with Crippen LogP contribution in [-0.4, -0.2) is 24.2 Å². The van der Waals surface area contributed by atoms with Crippen LogP contribution in [0.15, 0.2) is 34.5 Å². The lowest BCUT2D eigenvalue weighted by Gasteiger charge is -2.06. The summed E-state index contributed by atoms with van der Waals surface area (Å²) in [6.07, 6.45) is 0. The summed E-state index contributed by atoms with van der Waals surface area (Å²) >= 11 is 0. The van der Waals surface area contributed by atoms with Crippen molar-refractivity contribution in [1.82, 2.24) is 0 Å². The quantitative estimate of drug-likeness (QED) is 0.574. The zero-order valence-electron chi connectivity index (χ0n) is 10.7. The molecule has 0 unspecified atom stereocenters. The lowest BCUT2D eigenvalue weighted by Crippen LogP contribution is -2.23. The predicted molar refractivity (Wildman–Crippen MR) is 67.3 cm³/mol. The summed E-state index contributed by atoms with van der Waals surface area (Å²) in [6.45, 7) is 5.01. The largest absolute Gasteiger partial charge is 0.492 e. The Balaban J connectivity index is 2.95. The summed E-state index contributed by atoms with van der Waals surface area (Å²) in [5.74, 6) is -0.0603. The summed E-state index contributed by atoms with van der Waals surface area (Å²) in [5, 5.41) is 7.71. The van der Waals surface area contributed by atoms with E-state index in [1.54, 1.807) is 18.2 Å². The molecule has 0 radical (unpaired) electrons. The summed E-state index contributed by atoms with van der Waals surface area (Å²) in [7, 11) is 0. The van der Waals surface area contributed by atoms with Crippen molar-refractivity contribution in [1.29, 1.82) is 0 Å². The molecule has 0 N–H and O–H groups in total. The lowest BCUT2D eigenvalue weighted by molar-refractivity contribution is -0.126. The van der Waals surface area contributed by atoms with Crippen molar-refractivity contribution in [3.63, 3.8) is 0 Å². The SMILES string of the molecule is CCOc1ccccc1N=NC(C(C)=O)C(C)=O. The van der Waals surface area contributed by atoms with Gasteiger partial charge >= 0.3 is 0 Å². The first kappa shape index (κ1) is 14.0. The standard InChI is InChI=1S/C13H16N2O3/c1-4-18-12-8-6-5-7-11(12)14-15-13(9(2)16)10(3)17/h5-8,13H,4H2,1-3H3. The monoisotopic (exact) mass is 248 g/mol. The average molecular weight is 248 g/mol. The number of carbonyl (C=O) groups is 2. The van der Waals surface area contributed by atoms with Crippen LogP contribution in [0.1, 0.15) is 20.8 Å². The number of ketones is 2. The number of hydrogen-bond acceptors (Lipinski definition) is 5. The molecule has 0 atom stereocenters. The topological polar surface area (TPSA) is 68.1 Å². The fourth-order valence-corrected chi connectivity index (χ4v) is 1.39. The predicted octanol–water partition coefficient (Wildman–Crippen LogP) is 2.72. The average Bonchev–Trinajstić information content (AvgIpc) is 2.31. The zero-order chi connectivity index (χ0) is 13.5. The van der Waals surface area contributed by atoms with Gasteiger partial charge in [-0.15, -0.1) is 0 Å². The minimum atomic E-state index is -1.03. The van der Waals surface area contributed by atoms with Gasteiger partial charge in [-0.1, -0.05) is 12.1 Å². The second-order valence-electron chi connectivity index (χ2n) is 3.74. The molecule has 0 saturated carbocycles. The van der Waals surface area contributed by atoms with Gasteiger partial charge in [0.1, 0.15) is 11.4 Å². The van der Waals surface area contributed by atoms with E-state index in [-0.39, 0.29) is 11.6 Å². The minimum Gasteiger partial charge on any atom is -0.492 e. The molecule has 0 bridgehead atoms. The van der Waals surface area contributed by atoms with Gasteiger partial charge in [0.2, 0.25) is 0 Å². The number of benzene rings is 1. The molecule has 0 spiro atoms. The summed E-state index contributed by atoms with van der Waals surface area (Å²) in [4.78, 5) is 22.4. The van der Waals surface area contributed by atoms with Crippen molar-refractivity contribution in [2.75, 3.05) is 6.61 Å². The molecule has 1 aromatic carbocycles. The minimum absolute atomic E-state index is 0.319. The van der Waals surface area contributed by atoms with Crippen LogP contribution >= 0.6 is 0 Å². The van der Waals surface area contributed by atoms with Gasteiger partial charge in [-0.25, -0.2) is 0 Å². The second kappa shape index (κ2) is 6.64. The summed E-state index contributed by atoms with van der Waals surface area (Å²) < 4.78 is 5.37. The molecule has 0 aliphatic heterocycles. The lowest BCUT2D eigenvalue weighted by atomic mass is 10.1. The zero-order valence-corrected chi connectivity index (χ0v) is 10.7. The molecule has 18 heavy (non-hydrogen) atoms. The number of Topliss-reactive ketones (excluding diaryl/α,β-unsaturated/α-hetero) is 2. The molecular formula is C13H16N2O3. The maximum absolute atomic E-state index is 11.2. The van der Waals surface area contributed by atoms with Gasteiger partial charge in [0.25, 0.3) is 0 Å². The van der Waals surface area contributed by atoms with Crippen LogP contribution < -0.4 is 4.74 Å². The molecule has 0 fully saturated rings. The number of hydrogen-bond donors (Lipinski definition) is 0. The highest BCUT2D eigenvalue weighted by Gasteiger charge is 2.18. The first-order valence-electron chi connectivity index (χ1n) is 5.69. The third-order valence-electron chi connectivity index (χ3n) is 2.22. The Hall–Kier alpha value is -2.04. The first-order valence-corrected chi connectivity index (χ1v) is 5.69. The van der Waals surface area contributed by atoms with E-state index in [1.807, 2.05) is 13.0 Å². The first-order chi connectivity index (χ1) is 8.56. The van der Waals surface area contributed by atoms with Crippen molar-refractivity contribution < 1.29 is 14.3 Å². The Bertz CT molecular complexity index is 455. The van der Waals surface area contributed by atoms with Gasteiger partial charge in [0.15, 0.2) is 17.6 Å². The number of rotatable bonds is 6. The molecule has 0 aliphatic carbocycles. The fourth-order valence-electron chi connectivity index (χ4n) is 1.39. The molecule has 0 saturated heterocycles. The fraction of sp³-hybridized carbons (Fsp3) is 0.385. The van der Waals surface area contributed by atoms with E-state index in [2.05, 4.69) is 10.2 Å². The van der Waals surface area contributed by atoms with Crippen molar-refractivity contribution in [3.05, 3.63) is 24.3 Å². The number of nitrogens with zero attached hydrogens (tertiary/aromatic N) is 2. The maximum Gasteiger partial charge on any atom is 0.187 e. The highest BCUT2D eigenvalue weighted by molar-refractivity contribution is 6.04. The van der Waals surface area contributed by atoms with E-state index in [4.69, 9.17) is 4.74 Å². The van der Waals surface area contributed by atoms with Crippen LogP contribution in [0.3, 0.4) is 0 Å². The Kier molecular flexibility index (Phi) is 5.17. The molecule has 0 aliphatic rings. The Labute approximate surface area is 106 Å². The summed E-state index contributed by atoms with van der Waals surface area (Å²) in [5.41, 5.74) is 0.506. The smallest absolute Gasteiger partial charge is 0.187 e. The van der Waals surface area contributed by atoms with Gasteiger partial charge < -0.3 is 4.74 Å². The molecule has 1 aromatic rings. The Morgan fingerprint density at radius 2 is 1.83 bits per heavy atom. The summed E-state index contributed by atoms with van der Waals surface area (Å²) in [6, 6.07) is 6.05. The molecule has 96 valence electrons. The molecule has 5 heteroatoms. The van der Waals surface area contributed by atoms with Gasteiger partial charge in [0.05, 0.1) is 6.61 Å². The normalized spacial score (nSPS) is 10.9. The van der Waals surface area contributed by atoms with Crippen LogP contribution in [0.5, 0.6) is 5.75 Å². The Morgan fingerprint density at radius 3 is 2.39 bits per heavy atom. The van der Waals surface area contributed by atoms with Gasteiger partial charge in [-0.05, 0) is 32.9 Å². The molecule has 5 nitrogen and oxygen atoms in total. The van der Waals surface area contributed by atoms with Crippen molar-refractivity contribution >= 4 is 17.3 Å². The Morgan fingerprint density at radius 1 is 1.22 bits per heavy atom. The number of carbonyl (C=O) groups excluding carboxylic acids is 2. The molecule has 1 rings (SSSR count). The van der Waals surface area contributed by atoms with Crippen LogP contribution in [0.4, 0.5) is 5.69 Å². The van der Waals surface area contributed by atoms with Crippen molar-refractivity contribution in [3.8, 4) is 5.75 Å². The molecule has 0 heterocycles. The van der Waals surface area contributed by atoms with E-state index in [1.165, 1.54) is 13.8 Å².